The molecular weight excluding hydrogens is 482 g/mol. The molecule has 36 heavy (non-hydrogen) atoms. The second-order valence-electron chi connectivity index (χ2n) is 9.03. The molecule has 0 saturated carbocycles. The van der Waals surface area contributed by atoms with Crippen LogP contribution in [0.2, 0.25) is 0 Å². The van der Waals surface area contributed by atoms with Crippen molar-refractivity contribution in [1.82, 2.24) is 14.4 Å². The maximum atomic E-state index is 13.3. The predicted octanol–water partition coefficient (Wildman–Crippen LogP) is 3.22. The van der Waals surface area contributed by atoms with Gasteiger partial charge in [0.2, 0.25) is 0 Å². The Morgan fingerprint density at radius 2 is 2.03 bits per heavy atom. The van der Waals surface area contributed by atoms with E-state index in [2.05, 4.69) is 19.2 Å². The summed E-state index contributed by atoms with van der Waals surface area (Å²) in [5, 5.41) is 12.3. The number of pyridine rings is 1. The number of fused-ring (bicyclic) bond motifs is 1. The van der Waals surface area contributed by atoms with Crippen LogP contribution in [-0.4, -0.2) is 50.7 Å². The maximum absolute atomic E-state index is 13.3. The molecule has 1 aliphatic heterocycles. The number of aryl methyl sites for hydroxylation is 2. The van der Waals surface area contributed by atoms with Crippen LogP contribution >= 0.6 is 11.3 Å². The van der Waals surface area contributed by atoms with Crippen LogP contribution in [0.25, 0.3) is 11.7 Å². The Kier molecular flexibility index (Phi) is 7.68. The van der Waals surface area contributed by atoms with E-state index >= 15 is 0 Å². The summed E-state index contributed by atoms with van der Waals surface area (Å²) in [6.07, 6.45) is 5.38. The molecular formula is C25H29N5O5S. The molecule has 0 unspecified atom stereocenters. The largest absolute Gasteiger partial charge is 0.478 e. The highest BCUT2D eigenvalue weighted by atomic mass is 32.1. The molecule has 190 valence electrons. The van der Waals surface area contributed by atoms with Gasteiger partial charge in [0.15, 0.2) is 0 Å². The number of hydrogen-bond acceptors (Lipinski definition) is 8. The van der Waals surface area contributed by atoms with Crippen molar-refractivity contribution in [3.8, 4) is 0 Å². The van der Waals surface area contributed by atoms with Gasteiger partial charge in [-0.3, -0.25) is 9.20 Å². The number of amides is 1. The van der Waals surface area contributed by atoms with Crippen molar-refractivity contribution >= 4 is 40.9 Å². The Balaban J connectivity index is 1.63. The smallest absolute Gasteiger partial charge is 0.404 e. The summed E-state index contributed by atoms with van der Waals surface area (Å²) in [4.78, 5) is 46.9. The number of primary amides is 1. The Bertz CT molecular complexity index is 1350. The third kappa shape index (κ3) is 5.91. The number of aliphatic carboxylic acids is 1. The van der Waals surface area contributed by atoms with Crippen LogP contribution in [-0.2, 0) is 22.4 Å². The molecule has 4 rings (SSSR count). The number of rotatable bonds is 8. The maximum Gasteiger partial charge on any atom is 0.404 e. The van der Waals surface area contributed by atoms with Gasteiger partial charge < -0.3 is 20.5 Å². The van der Waals surface area contributed by atoms with E-state index in [1.165, 1.54) is 10.5 Å². The molecule has 1 amide bonds. The molecule has 3 aromatic heterocycles. The van der Waals surface area contributed by atoms with Crippen LogP contribution in [0, 0.1) is 0 Å². The summed E-state index contributed by atoms with van der Waals surface area (Å²) in [5.74, 6) is -0.354. The summed E-state index contributed by atoms with van der Waals surface area (Å²) in [6, 6.07) is 3.76. The third-order valence-corrected chi connectivity index (χ3v) is 7.04. The Labute approximate surface area is 212 Å². The highest BCUT2D eigenvalue weighted by Crippen LogP contribution is 2.24. The first-order valence-corrected chi connectivity index (χ1v) is 12.7. The lowest BCUT2D eigenvalue weighted by molar-refractivity contribution is -0.131. The number of nitrogens with two attached hydrogens (primary N) is 1. The first-order chi connectivity index (χ1) is 17.2. The number of carboxylic acids is 1. The first-order valence-electron chi connectivity index (χ1n) is 11.8. The number of carbonyl (C=O) groups is 2. The predicted molar refractivity (Wildman–Crippen MR) is 138 cm³/mol. The van der Waals surface area contributed by atoms with E-state index in [1.54, 1.807) is 17.5 Å². The van der Waals surface area contributed by atoms with Gasteiger partial charge in [0.25, 0.3) is 5.56 Å². The lowest BCUT2D eigenvalue weighted by atomic mass is 10.1. The van der Waals surface area contributed by atoms with Crippen molar-refractivity contribution in [2.24, 2.45) is 5.73 Å². The molecule has 0 aromatic carbocycles. The standard InChI is InChI=1S/C25H29N5O5S/c1-15(2)19-14-36-21(27-19)5-3-16-7-12-30-20(13-16)28-23(18(24(30)33)4-6-22(31)32)29-10-8-17(9-11-29)35-25(26)34/h4,6-7,12-15,17H,3,5,8-11H2,1-2H3,(H2,26,34)(H,31,32)/b6-4+. The number of anilines is 1. The molecule has 0 bridgehead atoms. The molecule has 3 aromatic rings. The van der Waals surface area contributed by atoms with Gasteiger partial charge in [-0.15, -0.1) is 11.3 Å². The molecule has 0 atom stereocenters. The molecule has 1 saturated heterocycles. The van der Waals surface area contributed by atoms with E-state index in [0.717, 1.165) is 35.2 Å². The summed E-state index contributed by atoms with van der Waals surface area (Å²) in [5.41, 5.74) is 7.58. The van der Waals surface area contributed by atoms with Gasteiger partial charge in [-0.05, 0) is 36.1 Å². The fourth-order valence-corrected chi connectivity index (χ4v) is 5.14. The number of ether oxygens (including phenoxy) is 1. The van der Waals surface area contributed by atoms with Crippen LogP contribution in [0.3, 0.4) is 0 Å². The molecule has 0 spiro atoms. The van der Waals surface area contributed by atoms with E-state index in [-0.39, 0.29) is 17.2 Å². The van der Waals surface area contributed by atoms with Crippen molar-refractivity contribution in [2.75, 3.05) is 18.0 Å². The molecule has 3 N–H and O–H groups in total. The van der Waals surface area contributed by atoms with E-state index < -0.39 is 12.1 Å². The second kappa shape index (κ2) is 10.9. The Morgan fingerprint density at radius 3 is 2.67 bits per heavy atom. The minimum absolute atomic E-state index is 0.195. The van der Waals surface area contributed by atoms with Crippen molar-refractivity contribution in [1.29, 1.82) is 0 Å². The molecule has 4 heterocycles. The average molecular weight is 512 g/mol. The van der Waals surface area contributed by atoms with Gasteiger partial charge in [-0.1, -0.05) is 13.8 Å². The highest BCUT2D eigenvalue weighted by molar-refractivity contribution is 7.09. The molecule has 10 nitrogen and oxygen atoms in total. The number of carboxylic acid groups (broad SMARTS) is 1. The van der Waals surface area contributed by atoms with Crippen LogP contribution in [0.4, 0.5) is 10.6 Å². The third-order valence-electron chi connectivity index (χ3n) is 6.12. The van der Waals surface area contributed by atoms with Crippen LogP contribution in [0.1, 0.15) is 54.4 Å². The minimum Gasteiger partial charge on any atom is -0.478 e. The van der Waals surface area contributed by atoms with E-state index in [4.69, 9.17) is 25.5 Å². The molecule has 11 heteroatoms. The molecule has 0 radical (unpaired) electrons. The zero-order chi connectivity index (χ0) is 25.8. The van der Waals surface area contributed by atoms with E-state index in [1.807, 2.05) is 17.0 Å². The SMILES string of the molecule is CC(C)c1csc(CCc2ccn3c(=O)c(/C=C/C(=O)O)c(N4CCC(OC(N)=O)CC4)nc3c2)n1. The average Bonchev–Trinajstić information content (AvgIpc) is 3.31. The fourth-order valence-electron chi connectivity index (χ4n) is 4.19. The normalized spacial score (nSPS) is 14.7. The number of hydrogen-bond donors (Lipinski definition) is 2. The van der Waals surface area contributed by atoms with Crippen molar-refractivity contribution in [3.05, 3.63) is 62.0 Å². The highest BCUT2D eigenvalue weighted by Gasteiger charge is 2.25. The van der Waals surface area contributed by atoms with Gasteiger partial charge in [0.1, 0.15) is 17.6 Å². The van der Waals surface area contributed by atoms with Crippen molar-refractivity contribution in [3.63, 3.8) is 0 Å². The molecule has 1 fully saturated rings. The number of aromatic nitrogens is 3. The number of nitrogens with zero attached hydrogens (tertiary/aromatic N) is 4. The first kappa shape index (κ1) is 25.4. The topological polar surface area (TPSA) is 140 Å². The van der Waals surface area contributed by atoms with Crippen molar-refractivity contribution in [2.45, 2.75) is 51.6 Å². The molecule has 1 aliphatic rings. The van der Waals surface area contributed by atoms with Gasteiger partial charge in [0, 0.05) is 50.0 Å². The van der Waals surface area contributed by atoms with Crippen LogP contribution in [0.5, 0.6) is 0 Å². The monoisotopic (exact) mass is 511 g/mol. The lowest BCUT2D eigenvalue weighted by Gasteiger charge is -2.32. The Morgan fingerprint density at radius 1 is 1.28 bits per heavy atom. The summed E-state index contributed by atoms with van der Waals surface area (Å²) >= 11 is 1.65. The minimum atomic E-state index is -1.16. The number of piperidine rings is 1. The van der Waals surface area contributed by atoms with E-state index in [9.17, 15) is 14.4 Å². The summed E-state index contributed by atoms with van der Waals surface area (Å²) in [7, 11) is 0. The van der Waals surface area contributed by atoms with Crippen LogP contribution in [0.15, 0.2) is 34.6 Å². The lowest BCUT2D eigenvalue weighted by Crippen LogP contribution is -2.40. The Hall–Kier alpha value is -3.73. The zero-order valence-corrected chi connectivity index (χ0v) is 21.0. The summed E-state index contributed by atoms with van der Waals surface area (Å²) in [6.45, 7) is 5.21. The van der Waals surface area contributed by atoms with Gasteiger partial charge >= 0.3 is 12.1 Å². The van der Waals surface area contributed by atoms with Crippen LogP contribution < -0.4 is 16.2 Å². The van der Waals surface area contributed by atoms with Gasteiger partial charge in [0.05, 0.1) is 16.3 Å². The number of carbonyl (C=O) groups excluding carboxylic acids is 1. The van der Waals surface area contributed by atoms with Gasteiger partial charge in [-0.2, -0.15) is 0 Å². The zero-order valence-electron chi connectivity index (χ0n) is 20.2. The number of thiazole rings is 1. The van der Waals surface area contributed by atoms with Gasteiger partial charge in [-0.25, -0.2) is 19.6 Å². The van der Waals surface area contributed by atoms with Crippen molar-refractivity contribution < 1.29 is 19.4 Å². The quantitative estimate of drug-likeness (QED) is 0.439. The second-order valence-corrected chi connectivity index (χ2v) is 9.98. The fraction of sp³-hybridized carbons (Fsp3) is 0.400. The molecule has 0 aliphatic carbocycles. The summed E-state index contributed by atoms with van der Waals surface area (Å²) < 4.78 is 6.53. The van der Waals surface area contributed by atoms with E-state index in [0.29, 0.717) is 43.3 Å².